The molecular formula is C24H22ClF3N6. The molecule has 3 aromatic heterocycles. The van der Waals surface area contributed by atoms with Gasteiger partial charge >= 0.3 is 6.18 Å². The minimum absolute atomic E-state index is 0.458. The molecule has 5 rings (SSSR count). The predicted octanol–water partition coefficient (Wildman–Crippen LogP) is 5.64. The maximum absolute atomic E-state index is 13.3. The lowest BCUT2D eigenvalue weighted by Gasteiger charge is -2.14. The quantitative estimate of drug-likeness (QED) is 0.382. The van der Waals surface area contributed by atoms with E-state index in [1.807, 2.05) is 6.07 Å². The number of hydrogen-bond acceptors (Lipinski definition) is 5. The van der Waals surface area contributed by atoms with E-state index in [-0.39, 0.29) is 0 Å². The number of hydrogen-bond donors (Lipinski definition) is 1. The van der Waals surface area contributed by atoms with Crippen LogP contribution < -0.4 is 5.32 Å². The monoisotopic (exact) mass is 486 g/mol. The Balaban J connectivity index is 1.55. The summed E-state index contributed by atoms with van der Waals surface area (Å²) in [7, 11) is 0. The predicted molar refractivity (Wildman–Crippen MR) is 126 cm³/mol. The van der Waals surface area contributed by atoms with Crippen LogP contribution in [0.25, 0.3) is 28.0 Å². The molecule has 0 spiro atoms. The molecule has 0 aliphatic carbocycles. The number of nitrogens with zero attached hydrogens (tertiary/aromatic N) is 5. The second-order valence-corrected chi connectivity index (χ2v) is 8.66. The lowest BCUT2D eigenvalue weighted by Crippen LogP contribution is -2.26. The molecular weight excluding hydrogens is 465 g/mol. The molecule has 1 aliphatic heterocycles. The van der Waals surface area contributed by atoms with Crippen LogP contribution in [0.4, 0.5) is 19.1 Å². The first kappa shape index (κ1) is 22.6. The van der Waals surface area contributed by atoms with Crippen molar-refractivity contribution in [2.24, 2.45) is 0 Å². The van der Waals surface area contributed by atoms with E-state index in [4.69, 9.17) is 11.6 Å². The van der Waals surface area contributed by atoms with Crippen LogP contribution in [-0.4, -0.2) is 50.7 Å². The van der Waals surface area contributed by atoms with Crippen LogP contribution in [0.2, 0.25) is 5.02 Å². The molecule has 0 amide bonds. The number of halogens is 4. The van der Waals surface area contributed by atoms with Crippen molar-refractivity contribution in [3.8, 4) is 22.5 Å². The van der Waals surface area contributed by atoms with E-state index in [1.165, 1.54) is 23.4 Å². The number of aromatic nitrogens is 4. The summed E-state index contributed by atoms with van der Waals surface area (Å²) >= 11 is 6.19. The first-order chi connectivity index (χ1) is 16.4. The maximum Gasteiger partial charge on any atom is 0.417 e. The molecule has 1 fully saturated rings. The van der Waals surface area contributed by atoms with Gasteiger partial charge in [-0.3, -0.25) is 0 Å². The first-order valence-corrected chi connectivity index (χ1v) is 11.4. The highest BCUT2D eigenvalue weighted by Gasteiger charge is 2.31. The summed E-state index contributed by atoms with van der Waals surface area (Å²) in [5.74, 6) is 0.458. The third-order valence-electron chi connectivity index (χ3n) is 5.88. The molecule has 1 aromatic carbocycles. The standard InChI is InChI=1S/C24H22ClF3N6/c25-18-5-3-4-16(14-18)22-21(20-7-6-17(24(26,27)28)15-34(20)32-22)19-8-9-29-23(31-19)30-10-13-33-11-1-2-12-33/h3-9,14-15H,1-2,10-13H2,(H,29,30,31). The third-order valence-corrected chi connectivity index (χ3v) is 6.11. The summed E-state index contributed by atoms with van der Waals surface area (Å²) in [4.78, 5) is 11.4. The molecule has 0 bridgehead atoms. The zero-order valence-corrected chi connectivity index (χ0v) is 18.9. The van der Waals surface area contributed by atoms with Gasteiger partial charge < -0.3 is 10.2 Å². The second-order valence-electron chi connectivity index (χ2n) is 8.22. The second kappa shape index (κ2) is 9.23. The number of pyridine rings is 1. The summed E-state index contributed by atoms with van der Waals surface area (Å²) in [6, 6.07) is 11.3. The highest BCUT2D eigenvalue weighted by molar-refractivity contribution is 6.30. The normalized spacial score (nSPS) is 14.7. The summed E-state index contributed by atoms with van der Waals surface area (Å²) in [6.07, 6.45) is 0.600. The lowest BCUT2D eigenvalue weighted by atomic mass is 10.0. The molecule has 0 saturated carbocycles. The van der Waals surface area contributed by atoms with Crippen LogP contribution in [0.3, 0.4) is 0 Å². The summed E-state index contributed by atoms with van der Waals surface area (Å²) in [5, 5.41) is 8.25. The van der Waals surface area contributed by atoms with Gasteiger partial charge in [0, 0.05) is 36.1 Å². The van der Waals surface area contributed by atoms with E-state index >= 15 is 0 Å². The van der Waals surface area contributed by atoms with Gasteiger partial charge in [-0.25, -0.2) is 14.5 Å². The van der Waals surface area contributed by atoms with Crippen molar-refractivity contribution < 1.29 is 13.2 Å². The molecule has 1 aliphatic rings. The van der Waals surface area contributed by atoms with Gasteiger partial charge in [-0.15, -0.1) is 0 Å². The van der Waals surface area contributed by atoms with Gasteiger partial charge in [-0.1, -0.05) is 23.7 Å². The third kappa shape index (κ3) is 4.71. The summed E-state index contributed by atoms with van der Waals surface area (Å²) in [6.45, 7) is 3.81. The average molecular weight is 487 g/mol. The van der Waals surface area contributed by atoms with Crippen LogP contribution in [0.5, 0.6) is 0 Å². The van der Waals surface area contributed by atoms with Crippen molar-refractivity contribution in [2.45, 2.75) is 19.0 Å². The van der Waals surface area contributed by atoms with Gasteiger partial charge in [0.2, 0.25) is 5.95 Å². The Hall–Kier alpha value is -3.17. The molecule has 1 N–H and O–H groups in total. The minimum atomic E-state index is -4.47. The maximum atomic E-state index is 13.3. The molecule has 34 heavy (non-hydrogen) atoms. The van der Waals surface area contributed by atoms with Crippen LogP contribution in [0.1, 0.15) is 18.4 Å². The number of alkyl halides is 3. The first-order valence-electron chi connectivity index (χ1n) is 11.0. The SMILES string of the molecule is FC(F)(F)c1ccc2c(-c3ccnc(NCCN4CCCC4)n3)c(-c3cccc(Cl)c3)nn2c1. The summed E-state index contributed by atoms with van der Waals surface area (Å²) < 4.78 is 41.2. The molecule has 6 nitrogen and oxygen atoms in total. The smallest absolute Gasteiger partial charge is 0.353 e. The van der Waals surface area contributed by atoms with Crippen LogP contribution in [0.15, 0.2) is 54.9 Å². The molecule has 10 heteroatoms. The number of rotatable bonds is 6. The zero-order valence-electron chi connectivity index (χ0n) is 18.2. The Kier molecular flexibility index (Phi) is 6.14. The van der Waals surface area contributed by atoms with Crippen LogP contribution >= 0.6 is 11.6 Å². The number of fused-ring (bicyclic) bond motifs is 1. The van der Waals surface area contributed by atoms with Crippen LogP contribution in [-0.2, 0) is 6.18 Å². The van der Waals surface area contributed by atoms with E-state index in [1.54, 1.807) is 30.5 Å². The fourth-order valence-electron chi connectivity index (χ4n) is 4.22. The number of anilines is 1. The van der Waals surface area contributed by atoms with Gasteiger partial charge in [0.1, 0.15) is 5.69 Å². The van der Waals surface area contributed by atoms with E-state index in [2.05, 4.69) is 25.3 Å². The number of nitrogens with one attached hydrogen (secondary N) is 1. The van der Waals surface area contributed by atoms with Crippen molar-refractivity contribution in [2.75, 3.05) is 31.5 Å². The molecule has 0 unspecified atom stereocenters. The number of benzene rings is 1. The van der Waals surface area contributed by atoms with Crippen molar-refractivity contribution in [3.63, 3.8) is 0 Å². The molecule has 176 valence electrons. The largest absolute Gasteiger partial charge is 0.417 e. The summed E-state index contributed by atoms with van der Waals surface area (Å²) in [5.41, 5.74) is 2.07. The highest BCUT2D eigenvalue weighted by atomic mass is 35.5. The van der Waals surface area contributed by atoms with Crippen molar-refractivity contribution in [1.82, 2.24) is 24.5 Å². The van der Waals surface area contributed by atoms with Gasteiger partial charge in [-0.05, 0) is 56.3 Å². The van der Waals surface area contributed by atoms with Crippen molar-refractivity contribution in [1.29, 1.82) is 0 Å². The number of likely N-dealkylation sites (tertiary alicyclic amines) is 1. The van der Waals surface area contributed by atoms with Crippen molar-refractivity contribution >= 4 is 23.1 Å². The molecule has 4 heterocycles. The fraction of sp³-hybridized carbons (Fsp3) is 0.292. The van der Waals surface area contributed by atoms with Gasteiger partial charge in [0.15, 0.2) is 0 Å². The molecule has 4 aromatic rings. The van der Waals surface area contributed by atoms with E-state index in [0.29, 0.717) is 45.5 Å². The van der Waals surface area contributed by atoms with Gasteiger partial charge in [0.25, 0.3) is 0 Å². The topological polar surface area (TPSA) is 58.4 Å². The molecule has 1 saturated heterocycles. The van der Waals surface area contributed by atoms with Crippen molar-refractivity contribution in [3.05, 3.63) is 65.4 Å². The minimum Gasteiger partial charge on any atom is -0.353 e. The van der Waals surface area contributed by atoms with Gasteiger partial charge in [-0.2, -0.15) is 18.3 Å². The van der Waals surface area contributed by atoms with Crippen LogP contribution in [0, 0.1) is 0 Å². The molecule has 0 radical (unpaired) electrons. The van der Waals surface area contributed by atoms with E-state index < -0.39 is 11.7 Å². The van der Waals surface area contributed by atoms with Gasteiger partial charge in [0.05, 0.1) is 22.3 Å². The lowest BCUT2D eigenvalue weighted by molar-refractivity contribution is -0.137. The van der Waals surface area contributed by atoms with E-state index in [9.17, 15) is 13.2 Å². The fourth-order valence-corrected chi connectivity index (χ4v) is 4.41. The molecule has 0 atom stereocenters. The van der Waals surface area contributed by atoms with E-state index in [0.717, 1.165) is 31.9 Å². The average Bonchev–Trinajstić information content (AvgIpc) is 3.46. The highest BCUT2D eigenvalue weighted by Crippen LogP contribution is 2.37. The Bertz CT molecular complexity index is 1310. The Morgan fingerprint density at radius 2 is 1.88 bits per heavy atom. The Morgan fingerprint density at radius 1 is 1.06 bits per heavy atom. The zero-order chi connectivity index (χ0) is 23.7. The Labute approximate surface area is 199 Å². The Morgan fingerprint density at radius 3 is 2.65 bits per heavy atom.